The molecule has 0 aliphatic carbocycles. The fraction of sp³-hybridized carbons (Fsp3) is 0.364. The molecule has 1 aliphatic rings. The van der Waals surface area contributed by atoms with Gasteiger partial charge < -0.3 is 30.7 Å². The molecule has 1 amide bonds. The lowest BCUT2D eigenvalue weighted by molar-refractivity contribution is -0.137. The molecule has 1 saturated heterocycles. The number of hydrogen-bond donors (Lipinski definition) is 5. The first-order valence-corrected chi connectivity index (χ1v) is 10.4. The van der Waals surface area contributed by atoms with Crippen LogP contribution in [0.2, 0.25) is 0 Å². The van der Waals surface area contributed by atoms with Gasteiger partial charge in [0.25, 0.3) is 5.91 Å². The summed E-state index contributed by atoms with van der Waals surface area (Å²) in [4.78, 5) is 25.2. The van der Waals surface area contributed by atoms with Gasteiger partial charge in [-0.1, -0.05) is 36.3 Å². The van der Waals surface area contributed by atoms with Gasteiger partial charge in [0.05, 0.1) is 6.33 Å². The zero-order valence-corrected chi connectivity index (χ0v) is 18.0. The number of fused-ring (bicyclic) bond motifs is 1. The Morgan fingerprint density at radius 1 is 1.24 bits per heavy atom. The summed E-state index contributed by atoms with van der Waals surface area (Å²) in [5.74, 6) is 5.44. The average Bonchev–Trinajstić information content (AvgIpc) is 3.38. The second-order valence-corrected chi connectivity index (χ2v) is 7.38. The molecule has 172 valence electrons. The van der Waals surface area contributed by atoms with Gasteiger partial charge in [-0.05, 0) is 18.4 Å². The Bertz CT molecular complexity index is 1200. The molecule has 11 nitrogen and oxygen atoms in total. The lowest BCUT2D eigenvalue weighted by atomic mass is 10.1. The van der Waals surface area contributed by atoms with Gasteiger partial charge in [-0.2, -0.15) is 0 Å². The van der Waals surface area contributed by atoms with Crippen molar-refractivity contribution in [3.63, 3.8) is 0 Å². The number of aromatic nitrogens is 4. The summed E-state index contributed by atoms with van der Waals surface area (Å²) in [7, 11) is 1.66. The molecule has 1 fully saturated rings. The van der Waals surface area contributed by atoms with Crippen molar-refractivity contribution >= 4 is 22.9 Å². The van der Waals surface area contributed by atoms with Crippen molar-refractivity contribution in [2.45, 2.75) is 37.6 Å². The number of amides is 1. The molecule has 0 radical (unpaired) electrons. The number of nitrogens with one attached hydrogen (secondary N) is 2. The third-order valence-electron chi connectivity index (χ3n) is 5.22. The number of carbonyl (C=O) groups excluding carboxylic acids is 1. The SMILES string of the molecule is CCNC(=O)[C@H]1O[C@@H](n2cnc3c(NC)nc(C#C[C@@H](O)c4ccccc4)nc32)[C@H](O)[C@@H]1O. The van der Waals surface area contributed by atoms with Crippen molar-refractivity contribution in [3.8, 4) is 11.8 Å². The van der Waals surface area contributed by atoms with E-state index in [1.54, 1.807) is 38.2 Å². The lowest BCUT2D eigenvalue weighted by Gasteiger charge is -2.16. The summed E-state index contributed by atoms with van der Waals surface area (Å²) in [6.45, 7) is 2.10. The monoisotopic (exact) mass is 452 g/mol. The number of aliphatic hydroxyl groups excluding tert-OH is 3. The van der Waals surface area contributed by atoms with E-state index in [9.17, 15) is 20.1 Å². The zero-order chi connectivity index (χ0) is 23.5. The Morgan fingerprint density at radius 3 is 2.70 bits per heavy atom. The summed E-state index contributed by atoms with van der Waals surface area (Å²) < 4.78 is 7.10. The maximum Gasteiger partial charge on any atom is 0.252 e. The predicted molar refractivity (Wildman–Crippen MR) is 118 cm³/mol. The van der Waals surface area contributed by atoms with E-state index in [1.807, 2.05) is 6.07 Å². The Morgan fingerprint density at radius 2 is 2.00 bits per heavy atom. The number of aliphatic hydroxyl groups is 3. The van der Waals surface area contributed by atoms with Crippen LogP contribution in [0.1, 0.15) is 30.6 Å². The number of benzene rings is 1. The maximum absolute atomic E-state index is 12.2. The summed E-state index contributed by atoms with van der Waals surface area (Å²) in [5, 5.41) is 36.7. The fourth-order valence-electron chi connectivity index (χ4n) is 3.57. The van der Waals surface area contributed by atoms with E-state index in [-0.39, 0.29) is 11.5 Å². The minimum absolute atomic E-state index is 0.108. The van der Waals surface area contributed by atoms with Crippen molar-refractivity contribution in [3.05, 3.63) is 48.0 Å². The quantitative estimate of drug-likeness (QED) is 0.328. The van der Waals surface area contributed by atoms with E-state index >= 15 is 0 Å². The Balaban J connectivity index is 1.69. The number of rotatable bonds is 5. The molecule has 3 heterocycles. The summed E-state index contributed by atoms with van der Waals surface area (Å²) in [5.41, 5.74) is 1.30. The van der Waals surface area contributed by atoms with Crippen LogP contribution in [-0.4, -0.2) is 72.7 Å². The van der Waals surface area contributed by atoms with Crippen LogP contribution in [-0.2, 0) is 9.53 Å². The normalized spacial score (nSPS) is 23.1. The first kappa shape index (κ1) is 22.6. The third kappa shape index (κ3) is 4.37. The molecule has 3 aromatic rings. The molecule has 0 bridgehead atoms. The molecule has 33 heavy (non-hydrogen) atoms. The van der Waals surface area contributed by atoms with Crippen LogP contribution in [0.5, 0.6) is 0 Å². The molecule has 0 spiro atoms. The van der Waals surface area contributed by atoms with Crippen LogP contribution in [0.15, 0.2) is 36.7 Å². The highest BCUT2D eigenvalue weighted by Gasteiger charge is 2.47. The minimum atomic E-state index is -1.43. The summed E-state index contributed by atoms with van der Waals surface area (Å²) >= 11 is 0. The second-order valence-electron chi connectivity index (χ2n) is 7.38. The standard InChI is InChI=1S/C22H24N6O5/c1-3-24-21(32)18-16(30)17(31)22(33-18)28-11-25-15-19(23-2)26-14(27-20(15)28)10-9-13(29)12-7-5-4-6-8-12/h4-8,11,13,16-18,22,29-31H,3H2,1-2H3,(H,24,32)(H,23,26,27)/t13-,16+,17-,18+,22-/m1/s1. The molecular formula is C22H24N6O5. The van der Waals surface area contributed by atoms with Gasteiger partial charge in [-0.3, -0.25) is 9.36 Å². The van der Waals surface area contributed by atoms with Gasteiger partial charge in [-0.15, -0.1) is 0 Å². The van der Waals surface area contributed by atoms with E-state index in [1.165, 1.54) is 10.9 Å². The third-order valence-corrected chi connectivity index (χ3v) is 5.22. The van der Waals surface area contributed by atoms with Crippen LogP contribution in [0.4, 0.5) is 5.82 Å². The number of anilines is 1. The van der Waals surface area contributed by atoms with Crippen molar-refractivity contribution in [1.82, 2.24) is 24.8 Å². The number of carbonyl (C=O) groups is 1. The summed E-state index contributed by atoms with van der Waals surface area (Å²) in [6, 6.07) is 8.96. The van der Waals surface area contributed by atoms with Gasteiger partial charge in [0.1, 0.15) is 18.3 Å². The van der Waals surface area contributed by atoms with Gasteiger partial charge in [0.15, 0.2) is 29.3 Å². The van der Waals surface area contributed by atoms with E-state index in [0.29, 0.717) is 23.4 Å². The molecule has 0 unspecified atom stereocenters. The highest BCUT2D eigenvalue weighted by Crippen LogP contribution is 2.32. The van der Waals surface area contributed by atoms with Gasteiger partial charge in [0.2, 0.25) is 5.82 Å². The number of ether oxygens (including phenoxy) is 1. The molecule has 11 heteroatoms. The van der Waals surface area contributed by atoms with Gasteiger partial charge in [0, 0.05) is 13.6 Å². The van der Waals surface area contributed by atoms with Gasteiger partial charge >= 0.3 is 0 Å². The lowest BCUT2D eigenvalue weighted by Crippen LogP contribution is -2.42. The smallest absolute Gasteiger partial charge is 0.252 e. The van der Waals surface area contributed by atoms with Crippen molar-refractivity contribution < 1.29 is 24.9 Å². The van der Waals surface area contributed by atoms with E-state index in [0.717, 1.165) is 0 Å². The van der Waals surface area contributed by atoms with E-state index in [4.69, 9.17) is 4.74 Å². The summed E-state index contributed by atoms with van der Waals surface area (Å²) in [6.07, 6.45) is -4.80. The molecule has 5 atom stereocenters. The highest BCUT2D eigenvalue weighted by atomic mass is 16.6. The first-order valence-electron chi connectivity index (χ1n) is 10.4. The highest BCUT2D eigenvalue weighted by molar-refractivity contribution is 5.84. The molecule has 1 aromatic carbocycles. The van der Waals surface area contributed by atoms with E-state index < -0.39 is 36.6 Å². The van der Waals surface area contributed by atoms with Crippen LogP contribution in [0.3, 0.4) is 0 Å². The van der Waals surface area contributed by atoms with Gasteiger partial charge in [-0.25, -0.2) is 15.0 Å². The molecule has 4 rings (SSSR count). The number of nitrogens with zero attached hydrogens (tertiary/aromatic N) is 4. The zero-order valence-electron chi connectivity index (χ0n) is 18.0. The predicted octanol–water partition coefficient (Wildman–Crippen LogP) is -0.292. The Kier molecular flexibility index (Phi) is 6.52. The molecule has 2 aromatic heterocycles. The maximum atomic E-state index is 12.2. The van der Waals surface area contributed by atoms with Crippen LogP contribution in [0.25, 0.3) is 11.2 Å². The van der Waals surface area contributed by atoms with Crippen molar-refractivity contribution in [1.29, 1.82) is 0 Å². The number of hydrogen-bond acceptors (Lipinski definition) is 9. The number of imidazole rings is 1. The minimum Gasteiger partial charge on any atom is -0.387 e. The molecule has 0 saturated carbocycles. The van der Waals surface area contributed by atoms with Crippen molar-refractivity contribution in [2.75, 3.05) is 18.9 Å². The Labute approximate surface area is 189 Å². The first-order chi connectivity index (χ1) is 15.9. The van der Waals surface area contributed by atoms with E-state index in [2.05, 4.69) is 37.4 Å². The van der Waals surface area contributed by atoms with Crippen LogP contribution < -0.4 is 10.6 Å². The largest absolute Gasteiger partial charge is 0.387 e. The fourth-order valence-corrected chi connectivity index (χ4v) is 3.57. The molecule has 5 N–H and O–H groups in total. The topological polar surface area (TPSA) is 155 Å². The average molecular weight is 452 g/mol. The molecular weight excluding hydrogens is 428 g/mol. The van der Waals surface area contributed by atoms with Crippen LogP contribution >= 0.6 is 0 Å². The number of likely N-dealkylation sites (N-methyl/N-ethyl adjacent to an activating group) is 1. The van der Waals surface area contributed by atoms with Crippen molar-refractivity contribution in [2.24, 2.45) is 0 Å². The molecule has 1 aliphatic heterocycles. The Hall–Kier alpha value is -3.56. The van der Waals surface area contributed by atoms with Crippen LogP contribution in [0, 0.1) is 11.8 Å². The second kappa shape index (κ2) is 9.51.